The first-order valence-electron chi connectivity index (χ1n) is 21.3. The Morgan fingerprint density at radius 3 is 1.82 bits per heavy atom. The lowest BCUT2D eigenvalue weighted by molar-refractivity contribution is 0.660. The van der Waals surface area contributed by atoms with Crippen LogP contribution in [0.5, 0.6) is 0 Å². The smallest absolute Gasteiger partial charge is 0.160 e. The lowest BCUT2D eigenvalue weighted by Gasteiger charge is -2.21. The molecule has 0 radical (unpaired) electrons. The molecule has 3 nitrogen and oxygen atoms in total. The van der Waals surface area contributed by atoms with Crippen LogP contribution in [0.2, 0.25) is 0 Å². The normalized spacial score (nSPS) is 12.8. The van der Waals surface area contributed by atoms with Crippen LogP contribution >= 0.6 is 0 Å². The van der Waals surface area contributed by atoms with Crippen LogP contribution in [0.3, 0.4) is 0 Å². The van der Waals surface area contributed by atoms with Crippen molar-refractivity contribution in [3.8, 4) is 78.4 Å². The molecule has 292 valence electrons. The molecule has 12 rings (SSSR count). The maximum atomic E-state index is 6.25. The fourth-order valence-electron chi connectivity index (χ4n) is 9.68. The summed E-state index contributed by atoms with van der Waals surface area (Å²) in [5, 5.41) is 4.63. The van der Waals surface area contributed by atoms with Crippen molar-refractivity contribution in [2.75, 3.05) is 0 Å². The predicted octanol–water partition coefficient (Wildman–Crippen LogP) is 15.8. The van der Waals surface area contributed by atoms with Gasteiger partial charge in [-0.3, -0.25) is 0 Å². The Balaban J connectivity index is 1.05. The first-order valence-corrected chi connectivity index (χ1v) is 21.3. The Morgan fingerprint density at radius 1 is 0.355 bits per heavy atom. The van der Waals surface area contributed by atoms with Gasteiger partial charge in [-0.2, -0.15) is 0 Å². The molecule has 1 aliphatic rings. The van der Waals surface area contributed by atoms with Gasteiger partial charge in [0.25, 0.3) is 0 Å². The Labute approximate surface area is 360 Å². The Morgan fingerprint density at radius 2 is 0.952 bits per heavy atom. The van der Waals surface area contributed by atoms with Crippen molar-refractivity contribution < 1.29 is 4.42 Å². The van der Waals surface area contributed by atoms with E-state index in [0.29, 0.717) is 5.82 Å². The summed E-state index contributed by atoms with van der Waals surface area (Å²) in [7, 11) is 0. The Hall–Kier alpha value is -7.88. The fourth-order valence-corrected chi connectivity index (χ4v) is 9.68. The van der Waals surface area contributed by atoms with Crippen LogP contribution in [-0.2, 0) is 5.41 Å². The molecule has 0 amide bonds. The molecule has 9 aromatic carbocycles. The fraction of sp³-hybridized carbons (Fsp3) is 0.0508. The molecule has 2 aromatic heterocycles. The molecule has 62 heavy (non-hydrogen) atoms. The van der Waals surface area contributed by atoms with E-state index in [1.165, 1.54) is 38.6 Å². The zero-order chi connectivity index (χ0) is 41.4. The van der Waals surface area contributed by atoms with Gasteiger partial charge in [0, 0.05) is 32.9 Å². The average molecular weight is 793 g/mol. The molecule has 0 N–H and O–H groups in total. The topological polar surface area (TPSA) is 38.9 Å². The summed E-state index contributed by atoms with van der Waals surface area (Å²) in [6, 6.07) is 73.9. The van der Waals surface area contributed by atoms with Gasteiger partial charge in [-0.25, -0.2) is 9.97 Å². The lowest BCUT2D eigenvalue weighted by atomic mass is 9.82. The first-order chi connectivity index (χ1) is 30.4. The highest BCUT2D eigenvalue weighted by Gasteiger charge is 2.36. The summed E-state index contributed by atoms with van der Waals surface area (Å²) in [6.45, 7) is 4.67. The average Bonchev–Trinajstić information content (AvgIpc) is 3.82. The molecule has 1 aliphatic carbocycles. The van der Waals surface area contributed by atoms with Crippen LogP contribution < -0.4 is 0 Å². The molecule has 0 fully saturated rings. The van der Waals surface area contributed by atoms with Crippen molar-refractivity contribution in [3.05, 3.63) is 217 Å². The molecule has 0 saturated carbocycles. The van der Waals surface area contributed by atoms with Crippen molar-refractivity contribution in [1.82, 2.24) is 9.97 Å². The molecule has 0 bridgehead atoms. The number of furan rings is 1. The Bertz CT molecular complexity index is 3560. The second-order valence-electron chi connectivity index (χ2n) is 17.0. The number of rotatable bonds is 6. The minimum absolute atomic E-state index is 0.0794. The quantitative estimate of drug-likeness (QED) is 0.168. The standard InChI is InChI=1S/C59H40N2O/c1-59(2)51-23-10-8-21-49(51)57-47(22-13-24-52(57)59)42-18-12-19-43(31-42)53-36-54(61-58(60-53)38-15-4-3-5-16-38)46-33-44(40-27-26-37-14-6-7-17-39(37)30-40)32-45(34-46)41-28-29-56-50(35-41)48-20-9-11-25-55(48)62-56/h3-36H,1-2H3. The third-order valence-electron chi connectivity index (χ3n) is 12.9. The van der Waals surface area contributed by atoms with Crippen molar-refractivity contribution in [3.63, 3.8) is 0 Å². The molecule has 3 heteroatoms. The largest absolute Gasteiger partial charge is 0.456 e. The number of nitrogens with zero attached hydrogens (tertiary/aromatic N) is 2. The van der Waals surface area contributed by atoms with Crippen molar-refractivity contribution >= 4 is 32.7 Å². The van der Waals surface area contributed by atoms with Crippen LogP contribution in [0.1, 0.15) is 25.0 Å². The van der Waals surface area contributed by atoms with Crippen LogP contribution in [0.15, 0.2) is 211 Å². The molecule has 0 aliphatic heterocycles. The van der Waals surface area contributed by atoms with Crippen molar-refractivity contribution in [2.45, 2.75) is 19.3 Å². The van der Waals surface area contributed by atoms with E-state index >= 15 is 0 Å². The number of para-hydroxylation sites is 1. The molecule has 0 saturated heterocycles. The van der Waals surface area contributed by atoms with Gasteiger partial charge in [0.05, 0.1) is 11.4 Å². The number of aromatic nitrogens is 2. The minimum atomic E-state index is -0.0794. The van der Waals surface area contributed by atoms with E-state index in [0.717, 1.165) is 77.8 Å². The van der Waals surface area contributed by atoms with Crippen LogP contribution in [-0.4, -0.2) is 9.97 Å². The van der Waals surface area contributed by atoms with Crippen LogP contribution in [0, 0.1) is 0 Å². The minimum Gasteiger partial charge on any atom is -0.456 e. The summed E-state index contributed by atoms with van der Waals surface area (Å²) in [4.78, 5) is 10.6. The van der Waals surface area contributed by atoms with Crippen LogP contribution in [0.25, 0.3) is 111 Å². The van der Waals surface area contributed by atoms with E-state index in [1.807, 2.05) is 18.2 Å². The highest BCUT2D eigenvalue weighted by Crippen LogP contribution is 2.52. The van der Waals surface area contributed by atoms with Gasteiger partial charge in [0.1, 0.15) is 11.2 Å². The predicted molar refractivity (Wildman–Crippen MR) is 257 cm³/mol. The maximum absolute atomic E-state index is 6.25. The highest BCUT2D eigenvalue weighted by molar-refractivity contribution is 6.06. The van der Waals surface area contributed by atoms with E-state index in [4.69, 9.17) is 14.4 Å². The van der Waals surface area contributed by atoms with Gasteiger partial charge in [-0.05, 0) is 121 Å². The summed E-state index contributed by atoms with van der Waals surface area (Å²) >= 11 is 0. The summed E-state index contributed by atoms with van der Waals surface area (Å²) in [5.74, 6) is 0.684. The molecule has 0 spiro atoms. The van der Waals surface area contributed by atoms with Gasteiger partial charge in [0.2, 0.25) is 0 Å². The van der Waals surface area contributed by atoms with E-state index in [1.54, 1.807) is 0 Å². The van der Waals surface area contributed by atoms with E-state index in [9.17, 15) is 0 Å². The number of hydrogen-bond donors (Lipinski definition) is 0. The highest BCUT2D eigenvalue weighted by atomic mass is 16.3. The number of fused-ring (bicyclic) bond motifs is 7. The van der Waals surface area contributed by atoms with Gasteiger partial charge >= 0.3 is 0 Å². The van der Waals surface area contributed by atoms with Crippen molar-refractivity contribution in [2.24, 2.45) is 0 Å². The van der Waals surface area contributed by atoms with Gasteiger partial charge < -0.3 is 4.42 Å². The second kappa shape index (κ2) is 14.1. The second-order valence-corrected chi connectivity index (χ2v) is 17.0. The molecular formula is C59H40N2O. The van der Waals surface area contributed by atoms with Gasteiger partial charge in [-0.1, -0.05) is 166 Å². The summed E-state index contributed by atoms with van der Waals surface area (Å²) in [6.07, 6.45) is 0. The lowest BCUT2D eigenvalue weighted by Crippen LogP contribution is -2.14. The van der Waals surface area contributed by atoms with E-state index in [2.05, 4.69) is 202 Å². The van der Waals surface area contributed by atoms with E-state index in [-0.39, 0.29) is 5.41 Å². The third kappa shape index (κ3) is 5.96. The van der Waals surface area contributed by atoms with Gasteiger partial charge in [-0.15, -0.1) is 0 Å². The van der Waals surface area contributed by atoms with E-state index < -0.39 is 0 Å². The summed E-state index contributed by atoms with van der Waals surface area (Å²) in [5.41, 5.74) is 18.7. The molecular weight excluding hydrogens is 753 g/mol. The monoisotopic (exact) mass is 792 g/mol. The summed E-state index contributed by atoms with van der Waals surface area (Å²) < 4.78 is 6.25. The number of hydrogen-bond acceptors (Lipinski definition) is 3. The zero-order valence-corrected chi connectivity index (χ0v) is 34.4. The SMILES string of the molecule is CC1(C)c2ccccc2-c2c(-c3cccc(-c4cc(-c5cc(-c6ccc7ccccc7c6)cc(-c6ccc7oc8ccccc8c7c6)c5)nc(-c5ccccc5)n4)c3)cccc21. The van der Waals surface area contributed by atoms with Gasteiger partial charge in [0.15, 0.2) is 5.82 Å². The Kier molecular flexibility index (Phi) is 8.20. The molecule has 2 heterocycles. The maximum Gasteiger partial charge on any atom is 0.160 e. The third-order valence-corrected chi connectivity index (χ3v) is 12.9. The van der Waals surface area contributed by atoms with Crippen LogP contribution in [0.4, 0.5) is 0 Å². The zero-order valence-electron chi connectivity index (χ0n) is 34.4. The molecule has 0 unspecified atom stereocenters. The molecule has 0 atom stereocenters. The molecule has 11 aromatic rings. The van der Waals surface area contributed by atoms with Crippen molar-refractivity contribution in [1.29, 1.82) is 0 Å². The first kappa shape index (κ1) is 36.0. The number of benzene rings is 9.